The van der Waals surface area contributed by atoms with Gasteiger partial charge in [0.1, 0.15) is 17.2 Å². The summed E-state index contributed by atoms with van der Waals surface area (Å²) in [6.45, 7) is 0. The Kier molecular flexibility index (Phi) is 1.44. The lowest BCUT2D eigenvalue weighted by atomic mass is 10.0. The molecule has 0 unspecified atom stereocenters. The van der Waals surface area contributed by atoms with E-state index in [1.54, 1.807) is 0 Å². The number of hydrogen-bond donors (Lipinski definition) is 4. The predicted molar refractivity (Wildman–Crippen MR) is 46.5 cm³/mol. The molecule has 0 aliphatic heterocycles. The molecule has 0 saturated heterocycles. The molecule has 0 bridgehead atoms. The number of phenolic OH excluding ortho intramolecular Hbond substituents is 3. The fraction of sp³-hybridized carbons (Fsp3) is 0.333. The molecule has 0 aromatic heterocycles. The summed E-state index contributed by atoms with van der Waals surface area (Å²) in [4.78, 5) is 0. The van der Waals surface area contributed by atoms with E-state index in [9.17, 15) is 10.2 Å². The summed E-state index contributed by atoms with van der Waals surface area (Å²) >= 11 is 0. The zero-order chi connectivity index (χ0) is 9.64. The second-order valence-electron chi connectivity index (χ2n) is 3.52. The number of benzene rings is 1. The van der Waals surface area contributed by atoms with Gasteiger partial charge in [0.05, 0.1) is 5.56 Å². The Morgan fingerprint density at radius 2 is 1.54 bits per heavy atom. The van der Waals surface area contributed by atoms with Crippen molar-refractivity contribution in [2.45, 2.75) is 18.4 Å². The average molecular weight is 181 g/mol. The van der Waals surface area contributed by atoms with Crippen molar-refractivity contribution in [3.63, 3.8) is 0 Å². The number of rotatable bonds is 1. The molecule has 1 aromatic carbocycles. The molecule has 1 aliphatic rings. The van der Waals surface area contributed by atoms with Gasteiger partial charge in [-0.2, -0.15) is 0 Å². The van der Waals surface area contributed by atoms with Crippen molar-refractivity contribution in [3.05, 3.63) is 17.7 Å². The Bertz CT molecular complexity index is 335. The van der Waals surface area contributed by atoms with E-state index in [4.69, 9.17) is 10.8 Å². The molecule has 4 nitrogen and oxygen atoms in total. The largest absolute Gasteiger partial charge is 0.508 e. The summed E-state index contributed by atoms with van der Waals surface area (Å²) in [5.41, 5.74) is 5.56. The molecule has 1 saturated carbocycles. The second kappa shape index (κ2) is 2.29. The lowest BCUT2D eigenvalue weighted by Crippen LogP contribution is -2.18. The minimum absolute atomic E-state index is 0.141. The lowest BCUT2D eigenvalue weighted by Gasteiger charge is -2.13. The van der Waals surface area contributed by atoms with E-state index in [-0.39, 0.29) is 17.2 Å². The van der Waals surface area contributed by atoms with Gasteiger partial charge < -0.3 is 21.1 Å². The van der Waals surface area contributed by atoms with Crippen LogP contribution in [0.1, 0.15) is 18.4 Å². The first kappa shape index (κ1) is 8.19. The van der Waals surface area contributed by atoms with E-state index in [1.165, 1.54) is 12.1 Å². The number of nitrogens with two attached hydrogens (primary N) is 1. The first-order valence-corrected chi connectivity index (χ1v) is 4.07. The third-order valence-electron chi connectivity index (χ3n) is 2.37. The van der Waals surface area contributed by atoms with Gasteiger partial charge in [0, 0.05) is 17.7 Å². The van der Waals surface area contributed by atoms with Crippen LogP contribution in [0.15, 0.2) is 12.1 Å². The summed E-state index contributed by atoms with van der Waals surface area (Å²) in [6.07, 6.45) is 1.50. The molecule has 0 amide bonds. The first-order chi connectivity index (χ1) is 6.03. The Balaban J connectivity index is 2.57. The molecule has 5 N–H and O–H groups in total. The molecule has 0 heterocycles. The Morgan fingerprint density at radius 3 is 1.92 bits per heavy atom. The second-order valence-corrected chi connectivity index (χ2v) is 3.52. The highest BCUT2D eigenvalue weighted by atomic mass is 16.3. The van der Waals surface area contributed by atoms with E-state index in [2.05, 4.69) is 0 Å². The molecule has 0 atom stereocenters. The van der Waals surface area contributed by atoms with Crippen LogP contribution in [0, 0.1) is 0 Å². The van der Waals surface area contributed by atoms with Gasteiger partial charge in [-0.15, -0.1) is 0 Å². The fourth-order valence-corrected chi connectivity index (χ4v) is 1.49. The van der Waals surface area contributed by atoms with Gasteiger partial charge >= 0.3 is 0 Å². The monoisotopic (exact) mass is 181 g/mol. The number of phenols is 3. The van der Waals surface area contributed by atoms with Crippen LogP contribution in [0.4, 0.5) is 0 Å². The van der Waals surface area contributed by atoms with Crippen LogP contribution in [-0.4, -0.2) is 15.3 Å². The van der Waals surface area contributed by atoms with Crippen LogP contribution in [0.3, 0.4) is 0 Å². The fourth-order valence-electron chi connectivity index (χ4n) is 1.49. The van der Waals surface area contributed by atoms with Gasteiger partial charge in [-0.3, -0.25) is 0 Å². The molecule has 1 aromatic rings. The van der Waals surface area contributed by atoms with Crippen LogP contribution in [0.2, 0.25) is 0 Å². The Morgan fingerprint density at radius 1 is 1.08 bits per heavy atom. The van der Waals surface area contributed by atoms with Crippen molar-refractivity contribution >= 4 is 0 Å². The normalized spacial score (nSPS) is 18.5. The van der Waals surface area contributed by atoms with Crippen molar-refractivity contribution in [2.75, 3.05) is 0 Å². The average Bonchev–Trinajstić information content (AvgIpc) is 2.65. The number of hydrogen-bond acceptors (Lipinski definition) is 4. The zero-order valence-electron chi connectivity index (χ0n) is 6.99. The van der Waals surface area contributed by atoms with Crippen LogP contribution < -0.4 is 5.73 Å². The first-order valence-electron chi connectivity index (χ1n) is 4.07. The van der Waals surface area contributed by atoms with E-state index in [0.717, 1.165) is 12.8 Å². The third kappa shape index (κ3) is 1.19. The molecule has 0 spiro atoms. The summed E-state index contributed by atoms with van der Waals surface area (Å²) in [7, 11) is 0. The SMILES string of the molecule is NC1(c2c(O)cc(O)cc2O)CC1. The highest BCUT2D eigenvalue weighted by Gasteiger charge is 2.44. The molecule has 0 radical (unpaired) electrons. The standard InChI is InChI=1S/C9H11NO3/c10-9(1-2-9)8-6(12)3-5(11)4-7(8)13/h3-4,11-13H,1-2,10H2. The van der Waals surface area contributed by atoms with Crippen molar-refractivity contribution in [2.24, 2.45) is 5.73 Å². The Hall–Kier alpha value is -1.42. The minimum Gasteiger partial charge on any atom is -0.508 e. The maximum Gasteiger partial charge on any atom is 0.128 e. The maximum atomic E-state index is 9.45. The quantitative estimate of drug-likeness (QED) is 0.515. The highest BCUT2D eigenvalue weighted by molar-refractivity contribution is 5.54. The highest BCUT2D eigenvalue weighted by Crippen LogP contribution is 2.50. The molecular weight excluding hydrogens is 170 g/mol. The third-order valence-corrected chi connectivity index (χ3v) is 2.37. The maximum absolute atomic E-state index is 9.45. The number of aromatic hydroxyl groups is 3. The van der Waals surface area contributed by atoms with E-state index in [0.29, 0.717) is 5.56 Å². The summed E-state index contributed by atoms with van der Waals surface area (Å²) in [5, 5.41) is 27.9. The van der Waals surface area contributed by atoms with Crippen LogP contribution in [0.5, 0.6) is 17.2 Å². The van der Waals surface area contributed by atoms with Gasteiger partial charge in [-0.1, -0.05) is 0 Å². The molecule has 70 valence electrons. The van der Waals surface area contributed by atoms with Gasteiger partial charge in [-0.25, -0.2) is 0 Å². The predicted octanol–water partition coefficient (Wildman–Crippen LogP) is 0.751. The summed E-state index contributed by atoms with van der Waals surface area (Å²) in [6, 6.07) is 2.37. The van der Waals surface area contributed by atoms with E-state index < -0.39 is 5.54 Å². The summed E-state index contributed by atoms with van der Waals surface area (Å²) in [5.74, 6) is -0.446. The van der Waals surface area contributed by atoms with Crippen molar-refractivity contribution in [1.82, 2.24) is 0 Å². The van der Waals surface area contributed by atoms with Crippen molar-refractivity contribution < 1.29 is 15.3 Å². The van der Waals surface area contributed by atoms with Crippen LogP contribution in [0.25, 0.3) is 0 Å². The van der Waals surface area contributed by atoms with Crippen LogP contribution in [-0.2, 0) is 5.54 Å². The molecule has 4 heteroatoms. The van der Waals surface area contributed by atoms with Crippen molar-refractivity contribution in [1.29, 1.82) is 0 Å². The summed E-state index contributed by atoms with van der Waals surface area (Å²) < 4.78 is 0. The topological polar surface area (TPSA) is 86.7 Å². The van der Waals surface area contributed by atoms with Gasteiger partial charge in [-0.05, 0) is 12.8 Å². The lowest BCUT2D eigenvalue weighted by molar-refractivity contribution is 0.410. The van der Waals surface area contributed by atoms with E-state index in [1.807, 2.05) is 0 Å². The minimum atomic E-state index is -0.595. The van der Waals surface area contributed by atoms with Gasteiger partial charge in [0.2, 0.25) is 0 Å². The van der Waals surface area contributed by atoms with Gasteiger partial charge in [0.15, 0.2) is 0 Å². The Labute approximate surface area is 75.2 Å². The molecule has 2 rings (SSSR count). The van der Waals surface area contributed by atoms with Gasteiger partial charge in [0.25, 0.3) is 0 Å². The zero-order valence-corrected chi connectivity index (χ0v) is 6.99. The molecular formula is C9H11NO3. The molecule has 1 fully saturated rings. The molecule has 13 heavy (non-hydrogen) atoms. The van der Waals surface area contributed by atoms with Crippen molar-refractivity contribution in [3.8, 4) is 17.2 Å². The van der Waals surface area contributed by atoms with E-state index >= 15 is 0 Å². The molecule has 1 aliphatic carbocycles. The van der Waals surface area contributed by atoms with Crippen LogP contribution >= 0.6 is 0 Å². The smallest absolute Gasteiger partial charge is 0.128 e.